The van der Waals surface area contributed by atoms with Crippen LogP contribution in [0.15, 0.2) is 28.8 Å². The van der Waals surface area contributed by atoms with E-state index in [2.05, 4.69) is 9.88 Å². The third-order valence-corrected chi connectivity index (χ3v) is 4.83. The Labute approximate surface area is 128 Å². The number of carboxylic acids is 1. The van der Waals surface area contributed by atoms with Gasteiger partial charge in [0, 0.05) is 5.39 Å². The van der Waals surface area contributed by atoms with Gasteiger partial charge in [-0.3, -0.25) is 4.79 Å². The molecule has 0 saturated heterocycles. The molecule has 0 unspecified atom stereocenters. The van der Waals surface area contributed by atoms with Gasteiger partial charge in [0.05, 0.1) is 0 Å². The highest BCUT2D eigenvalue weighted by atomic mass is 32.2. The summed E-state index contributed by atoms with van der Waals surface area (Å²) in [4.78, 5) is 11.2. The zero-order valence-electron chi connectivity index (χ0n) is 12.3. The number of aromatic nitrogens is 1. The third kappa shape index (κ3) is 3.63. The molecular formula is C14H18N2O5S. The van der Waals surface area contributed by atoms with E-state index in [-0.39, 0.29) is 11.6 Å². The number of nitrogens with one attached hydrogen (secondary N) is 1. The number of benzene rings is 1. The van der Waals surface area contributed by atoms with Crippen LogP contribution in [0.5, 0.6) is 0 Å². The predicted molar refractivity (Wildman–Crippen MR) is 80.6 cm³/mol. The Morgan fingerprint density at radius 3 is 2.73 bits per heavy atom. The molecule has 0 aliphatic carbocycles. The van der Waals surface area contributed by atoms with Gasteiger partial charge in [-0.05, 0) is 18.1 Å². The summed E-state index contributed by atoms with van der Waals surface area (Å²) in [5.74, 6) is -1.94. The second-order valence-corrected chi connectivity index (χ2v) is 6.96. The van der Waals surface area contributed by atoms with E-state index in [0.29, 0.717) is 17.4 Å². The lowest BCUT2D eigenvalue weighted by atomic mass is 10.0. The molecule has 0 aliphatic heterocycles. The lowest BCUT2D eigenvalue weighted by Gasteiger charge is -2.19. The van der Waals surface area contributed by atoms with Crippen molar-refractivity contribution in [1.29, 1.82) is 0 Å². The van der Waals surface area contributed by atoms with Gasteiger partial charge in [-0.25, -0.2) is 13.1 Å². The molecule has 2 aromatic rings. The Kier molecular flexibility index (Phi) is 4.82. The quantitative estimate of drug-likeness (QED) is 0.802. The number of aliphatic carboxylic acids is 1. The van der Waals surface area contributed by atoms with Crippen molar-refractivity contribution in [3.8, 4) is 0 Å². The number of carboxylic acid groups (broad SMARTS) is 1. The van der Waals surface area contributed by atoms with Crippen molar-refractivity contribution in [2.24, 2.45) is 5.92 Å². The average molecular weight is 326 g/mol. The average Bonchev–Trinajstić information content (AvgIpc) is 2.86. The van der Waals surface area contributed by atoms with Crippen molar-refractivity contribution >= 4 is 27.0 Å². The fraction of sp³-hybridized carbons (Fsp3) is 0.429. The monoisotopic (exact) mass is 326 g/mol. The van der Waals surface area contributed by atoms with Gasteiger partial charge < -0.3 is 9.63 Å². The minimum absolute atomic E-state index is 0.261. The molecule has 0 bridgehead atoms. The Balaban J connectivity index is 2.22. The highest BCUT2D eigenvalue weighted by Crippen LogP contribution is 2.20. The van der Waals surface area contributed by atoms with Crippen molar-refractivity contribution in [3.05, 3.63) is 30.0 Å². The lowest BCUT2D eigenvalue weighted by molar-refractivity contribution is -0.140. The molecule has 0 aliphatic rings. The highest BCUT2D eigenvalue weighted by molar-refractivity contribution is 7.88. The molecule has 22 heavy (non-hydrogen) atoms. The molecule has 1 aromatic heterocycles. The van der Waals surface area contributed by atoms with E-state index in [1.54, 1.807) is 38.1 Å². The van der Waals surface area contributed by atoms with Crippen molar-refractivity contribution in [3.63, 3.8) is 0 Å². The lowest BCUT2D eigenvalue weighted by Crippen LogP contribution is -2.45. The molecule has 1 heterocycles. The van der Waals surface area contributed by atoms with Crippen molar-refractivity contribution < 1.29 is 22.8 Å². The van der Waals surface area contributed by atoms with Crippen LogP contribution in [0.4, 0.5) is 0 Å². The minimum Gasteiger partial charge on any atom is -0.480 e. The number of sulfonamides is 1. The fourth-order valence-corrected chi connectivity index (χ4v) is 3.47. The third-order valence-electron chi connectivity index (χ3n) is 3.56. The normalized spacial score (nSPS) is 14.8. The molecule has 2 N–H and O–H groups in total. The highest BCUT2D eigenvalue weighted by Gasteiger charge is 2.29. The summed E-state index contributed by atoms with van der Waals surface area (Å²) in [6.07, 6.45) is 0.548. The molecule has 0 fully saturated rings. The minimum atomic E-state index is -3.85. The number of rotatable bonds is 7. The Bertz CT molecular complexity index is 768. The summed E-state index contributed by atoms with van der Waals surface area (Å²) in [5.41, 5.74) is 0.751. The van der Waals surface area contributed by atoms with E-state index < -0.39 is 27.8 Å². The largest absolute Gasteiger partial charge is 0.480 e. The number of hydrogen-bond acceptors (Lipinski definition) is 5. The Morgan fingerprint density at radius 1 is 1.41 bits per heavy atom. The van der Waals surface area contributed by atoms with E-state index in [9.17, 15) is 18.3 Å². The van der Waals surface area contributed by atoms with Crippen LogP contribution in [-0.2, 0) is 20.6 Å². The summed E-state index contributed by atoms with van der Waals surface area (Å²) in [6, 6.07) is 5.74. The van der Waals surface area contributed by atoms with E-state index in [4.69, 9.17) is 4.52 Å². The molecule has 2 atom stereocenters. The van der Waals surface area contributed by atoms with Crippen LogP contribution in [0, 0.1) is 5.92 Å². The predicted octanol–water partition coefficient (Wildman–Crippen LogP) is 1.75. The molecule has 0 saturated carbocycles. The van der Waals surface area contributed by atoms with Gasteiger partial charge in [0.2, 0.25) is 10.0 Å². The Hall–Kier alpha value is -1.93. The summed E-state index contributed by atoms with van der Waals surface area (Å²) >= 11 is 0. The maximum atomic E-state index is 12.2. The molecule has 2 rings (SSSR count). The molecule has 0 amide bonds. The van der Waals surface area contributed by atoms with Gasteiger partial charge >= 0.3 is 5.97 Å². The van der Waals surface area contributed by atoms with Crippen LogP contribution in [0.3, 0.4) is 0 Å². The maximum absolute atomic E-state index is 12.2. The number of nitrogens with zero attached hydrogens (tertiary/aromatic N) is 1. The Morgan fingerprint density at radius 2 is 2.09 bits per heavy atom. The zero-order chi connectivity index (χ0) is 16.3. The number of fused-ring (bicyclic) bond motifs is 1. The van der Waals surface area contributed by atoms with Gasteiger partial charge in [0.1, 0.15) is 17.5 Å². The van der Waals surface area contributed by atoms with Gasteiger partial charge in [-0.2, -0.15) is 0 Å². The van der Waals surface area contributed by atoms with Crippen molar-refractivity contribution in [1.82, 2.24) is 9.88 Å². The van der Waals surface area contributed by atoms with Crippen LogP contribution in [0.1, 0.15) is 26.0 Å². The molecular weight excluding hydrogens is 308 g/mol. The number of carbonyl (C=O) groups is 1. The zero-order valence-corrected chi connectivity index (χ0v) is 13.1. The van der Waals surface area contributed by atoms with Crippen LogP contribution in [-0.4, -0.2) is 30.7 Å². The van der Waals surface area contributed by atoms with Gasteiger partial charge in [0.15, 0.2) is 5.58 Å². The van der Waals surface area contributed by atoms with E-state index >= 15 is 0 Å². The second-order valence-electron chi connectivity index (χ2n) is 5.20. The first-order chi connectivity index (χ1) is 10.3. The summed E-state index contributed by atoms with van der Waals surface area (Å²) in [6.45, 7) is 3.49. The van der Waals surface area contributed by atoms with Crippen molar-refractivity contribution in [2.45, 2.75) is 32.1 Å². The van der Waals surface area contributed by atoms with Gasteiger partial charge in [-0.15, -0.1) is 0 Å². The molecule has 0 radical (unpaired) electrons. The van der Waals surface area contributed by atoms with E-state index in [1.165, 1.54) is 0 Å². The smallest absolute Gasteiger partial charge is 0.322 e. The molecule has 0 spiro atoms. The second kappa shape index (κ2) is 6.45. The maximum Gasteiger partial charge on any atom is 0.322 e. The SMILES string of the molecule is CC[C@H](C)[C@H](NS(=O)(=O)Cc1noc2ccccc12)C(=O)O. The summed E-state index contributed by atoms with van der Waals surface area (Å²) in [7, 11) is -3.85. The van der Waals surface area contributed by atoms with Crippen LogP contribution in [0.2, 0.25) is 0 Å². The molecule has 120 valence electrons. The van der Waals surface area contributed by atoms with E-state index in [1.807, 2.05) is 0 Å². The standard InChI is InChI=1S/C14H18N2O5S/c1-3-9(2)13(14(17)18)16-22(19,20)8-11-10-6-4-5-7-12(10)21-15-11/h4-7,9,13,16H,3,8H2,1-2H3,(H,17,18)/t9-,13-/m0/s1. The fourth-order valence-electron chi connectivity index (χ4n) is 2.10. The van der Waals surface area contributed by atoms with Gasteiger partial charge in [-0.1, -0.05) is 37.6 Å². The van der Waals surface area contributed by atoms with Crippen LogP contribution >= 0.6 is 0 Å². The van der Waals surface area contributed by atoms with Crippen LogP contribution in [0.25, 0.3) is 11.0 Å². The molecule has 1 aromatic carbocycles. The first-order valence-corrected chi connectivity index (χ1v) is 8.55. The number of hydrogen-bond donors (Lipinski definition) is 2. The first kappa shape index (κ1) is 16.4. The summed E-state index contributed by atoms with van der Waals surface area (Å²) < 4.78 is 31.7. The molecule has 7 nitrogen and oxygen atoms in total. The molecule has 8 heteroatoms. The van der Waals surface area contributed by atoms with Crippen molar-refractivity contribution in [2.75, 3.05) is 0 Å². The van der Waals surface area contributed by atoms with Gasteiger partial charge in [0.25, 0.3) is 0 Å². The topological polar surface area (TPSA) is 110 Å². The summed E-state index contributed by atoms with van der Waals surface area (Å²) in [5, 5.41) is 13.5. The van der Waals surface area contributed by atoms with E-state index in [0.717, 1.165) is 0 Å². The number of para-hydroxylation sites is 1. The van der Waals surface area contributed by atoms with Crippen LogP contribution < -0.4 is 4.72 Å². The first-order valence-electron chi connectivity index (χ1n) is 6.90.